The Morgan fingerprint density at radius 2 is 1.80 bits per heavy atom. The molecule has 0 aliphatic heterocycles. The number of nitrogen functional groups attached to an aromatic ring is 1. The molecule has 1 aromatic heterocycles. The van der Waals surface area contributed by atoms with Gasteiger partial charge in [0, 0.05) is 23.3 Å². The Bertz CT molecular complexity index is 790. The Morgan fingerprint density at radius 1 is 0.950 bits per heavy atom. The zero-order chi connectivity index (χ0) is 14.1. The summed E-state index contributed by atoms with van der Waals surface area (Å²) in [5.74, 6) is -1.02. The molecule has 3 aromatic rings. The number of rotatable bonds is 2. The van der Waals surface area contributed by atoms with Crippen LogP contribution in [0.15, 0.2) is 48.7 Å². The molecule has 0 spiro atoms. The lowest BCUT2D eigenvalue weighted by atomic mass is 10.2. The van der Waals surface area contributed by atoms with E-state index in [1.165, 1.54) is 6.07 Å². The molecule has 2 aromatic carbocycles. The molecule has 0 saturated carbocycles. The number of pyridine rings is 1. The highest BCUT2D eigenvalue weighted by atomic mass is 19.1. The van der Waals surface area contributed by atoms with Crippen LogP contribution in [0.3, 0.4) is 0 Å². The molecule has 0 fully saturated rings. The maximum Gasteiger partial charge on any atom is 0.168 e. The first kappa shape index (κ1) is 12.3. The van der Waals surface area contributed by atoms with Gasteiger partial charge in [-0.3, -0.25) is 4.98 Å². The fourth-order valence-electron chi connectivity index (χ4n) is 1.90. The number of benzene rings is 2. The first-order valence-corrected chi connectivity index (χ1v) is 5.90. The van der Waals surface area contributed by atoms with Crippen molar-refractivity contribution in [1.29, 1.82) is 0 Å². The molecule has 0 radical (unpaired) electrons. The first-order valence-electron chi connectivity index (χ1n) is 5.90. The van der Waals surface area contributed by atoms with E-state index in [9.17, 15) is 8.78 Å². The van der Waals surface area contributed by atoms with Crippen LogP contribution < -0.4 is 10.5 Å². The van der Waals surface area contributed by atoms with Crippen LogP contribution in [0.5, 0.6) is 11.5 Å². The van der Waals surface area contributed by atoms with Gasteiger partial charge in [-0.15, -0.1) is 0 Å². The van der Waals surface area contributed by atoms with Gasteiger partial charge in [0.2, 0.25) is 0 Å². The van der Waals surface area contributed by atoms with Crippen molar-refractivity contribution in [1.82, 2.24) is 4.98 Å². The number of nitrogens with two attached hydrogens (primary N) is 1. The van der Waals surface area contributed by atoms with Crippen molar-refractivity contribution in [3.05, 3.63) is 60.3 Å². The number of ether oxygens (including phenoxy) is 1. The van der Waals surface area contributed by atoms with Crippen molar-refractivity contribution in [2.45, 2.75) is 0 Å². The number of aromatic nitrogens is 1. The van der Waals surface area contributed by atoms with Crippen molar-refractivity contribution in [3.63, 3.8) is 0 Å². The van der Waals surface area contributed by atoms with Crippen LogP contribution in [0.25, 0.3) is 10.9 Å². The molecular weight excluding hydrogens is 262 g/mol. The Labute approximate surface area is 113 Å². The minimum absolute atomic E-state index is 0.0456. The number of fused-ring (bicyclic) bond motifs is 1. The van der Waals surface area contributed by atoms with Crippen LogP contribution in [0.4, 0.5) is 14.5 Å². The molecule has 3 rings (SSSR count). The highest BCUT2D eigenvalue weighted by Gasteiger charge is 2.09. The van der Waals surface area contributed by atoms with Gasteiger partial charge in [0.1, 0.15) is 11.6 Å². The minimum Gasteiger partial charge on any atom is -0.454 e. The van der Waals surface area contributed by atoms with Gasteiger partial charge in [-0.05, 0) is 36.4 Å². The molecule has 3 nitrogen and oxygen atoms in total. The lowest BCUT2D eigenvalue weighted by Crippen LogP contribution is -1.92. The third kappa shape index (κ3) is 2.25. The summed E-state index contributed by atoms with van der Waals surface area (Å²) in [6.45, 7) is 0. The van der Waals surface area contributed by atoms with Crippen LogP contribution in [-0.4, -0.2) is 4.98 Å². The molecule has 0 aliphatic rings. The fourth-order valence-corrected chi connectivity index (χ4v) is 1.90. The van der Waals surface area contributed by atoms with Gasteiger partial charge in [0.05, 0.1) is 5.52 Å². The highest BCUT2D eigenvalue weighted by molar-refractivity contribution is 5.87. The topological polar surface area (TPSA) is 48.1 Å². The second-order valence-corrected chi connectivity index (χ2v) is 4.26. The second-order valence-electron chi connectivity index (χ2n) is 4.26. The van der Waals surface area contributed by atoms with Crippen molar-refractivity contribution < 1.29 is 13.5 Å². The molecule has 0 unspecified atom stereocenters. The molecule has 20 heavy (non-hydrogen) atoms. The van der Waals surface area contributed by atoms with E-state index in [1.54, 1.807) is 30.5 Å². The van der Waals surface area contributed by atoms with E-state index in [2.05, 4.69) is 4.98 Å². The number of hydrogen-bond acceptors (Lipinski definition) is 3. The van der Waals surface area contributed by atoms with Crippen molar-refractivity contribution in [3.8, 4) is 11.5 Å². The molecule has 0 bridgehead atoms. The lowest BCUT2D eigenvalue weighted by Gasteiger charge is -2.09. The van der Waals surface area contributed by atoms with Crippen LogP contribution in [0, 0.1) is 11.6 Å². The number of nitrogens with zero attached hydrogens (tertiary/aromatic N) is 1. The van der Waals surface area contributed by atoms with Gasteiger partial charge in [-0.1, -0.05) is 0 Å². The van der Waals surface area contributed by atoms with E-state index in [-0.39, 0.29) is 5.75 Å². The number of halogens is 2. The summed E-state index contributed by atoms with van der Waals surface area (Å²) in [6, 6.07) is 9.92. The van der Waals surface area contributed by atoms with Crippen LogP contribution in [-0.2, 0) is 0 Å². The summed E-state index contributed by atoms with van der Waals surface area (Å²) < 4.78 is 32.0. The van der Waals surface area contributed by atoms with Gasteiger partial charge in [0.15, 0.2) is 11.6 Å². The lowest BCUT2D eigenvalue weighted by molar-refractivity contribution is 0.441. The smallest absolute Gasteiger partial charge is 0.168 e. The molecule has 0 amide bonds. The van der Waals surface area contributed by atoms with Crippen LogP contribution in [0.1, 0.15) is 0 Å². The maximum absolute atomic E-state index is 13.6. The molecule has 0 atom stereocenters. The average molecular weight is 272 g/mol. The predicted octanol–water partition coefficient (Wildman–Crippen LogP) is 3.89. The maximum atomic E-state index is 13.6. The van der Waals surface area contributed by atoms with Crippen LogP contribution in [0.2, 0.25) is 0 Å². The first-order chi connectivity index (χ1) is 9.63. The Hall–Kier alpha value is -2.69. The van der Waals surface area contributed by atoms with E-state index in [0.717, 1.165) is 12.1 Å². The quantitative estimate of drug-likeness (QED) is 0.720. The normalized spacial score (nSPS) is 10.7. The predicted molar refractivity (Wildman–Crippen MR) is 72.6 cm³/mol. The third-order valence-electron chi connectivity index (χ3n) is 2.84. The summed E-state index contributed by atoms with van der Waals surface area (Å²) >= 11 is 0. The van der Waals surface area contributed by atoms with Gasteiger partial charge < -0.3 is 10.5 Å². The molecule has 0 aliphatic carbocycles. The standard InChI is InChI=1S/C15H10F2N2O/c16-9-1-4-15(12(17)7-9)20-14-5-6-19-13-8-10(18)2-3-11(13)14/h1-8H,18H2. The molecule has 5 heteroatoms. The van der Waals surface area contributed by atoms with Gasteiger partial charge in [-0.2, -0.15) is 0 Å². The van der Waals surface area contributed by atoms with Gasteiger partial charge in [0.25, 0.3) is 0 Å². The molecule has 2 N–H and O–H groups in total. The van der Waals surface area contributed by atoms with Gasteiger partial charge >= 0.3 is 0 Å². The summed E-state index contributed by atoms with van der Waals surface area (Å²) in [7, 11) is 0. The van der Waals surface area contributed by atoms with Crippen molar-refractivity contribution in [2.24, 2.45) is 0 Å². The Morgan fingerprint density at radius 3 is 2.60 bits per heavy atom. The van der Waals surface area contributed by atoms with Crippen LogP contribution >= 0.6 is 0 Å². The zero-order valence-corrected chi connectivity index (χ0v) is 10.3. The van der Waals surface area contributed by atoms with Crippen molar-refractivity contribution >= 4 is 16.6 Å². The van der Waals surface area contributed by atoms with Gasteiger partial charge in [-0.25, -0.2) is 8.78 Å². The van der Waals surface area contributed by atoms with E-state index >= 15 is 0 Å². The van der Waals surface area contributed by atoms with E-state index in [1.807, 2.05) is 0 Å². The SMILES string of the molecule is Nc1ccc2c(Oc3ccc(F)cc3F)ccnc2c1. The van der Waals surface area contributed by atoms with E-state index in [4.69, 9.17) is 10.5 Å². The molecular formula is C15H10F2N2O. The summed E-state index contributed by atoms with van der Waals surface area (Å²) in [4.78, 5) is 4.17. The van der Waals surface area contributed by atoms with E-state index in [0.29, 0.717) is 22.3 Å². The largest absolute Gasteiger partial charge is 0.454 e. The fraction of sp³-hybridized carbons (Fsp3) is 0. The second kappa shape index (κ2) is 4.77. The monoisotopic (exact) mass is 272 g/mol. The molecule has 0 saturated heterocycles. The Balaban J connectivity index is 2.06. The zero-order valence-electron chi connectivity index (χ0n) is 10.3. The Kier molecular flexibility index (Phi) is 2.95. The molecule has 1 heterocycles. The highest BCUT2D eigenvalue weighted by Crippen LogP contribution is 2.31. The summed E-state index contributed by atoms with van der Waals surface area (Å²) in [5, 5.41) is 0.699. The summed E-state index contributed by atoms with van der Waals surface area (Å²) in [5.41, 5.74) is 6.91. The van der Waals surface area contributed by atoms with E-state index < -0.39 is 11.6 Å². The number of anilines is 1. The third-order valence-corrected chi connectivity index (χ3v) is 2.84. The summed E-state index contributed by atoms with van der Waals surface area (Å²) in [6.07, 6.45) is 1.54. The van der Waals surface area contributed by atoms with Crippen molar-refractivity contribution in [2.75, 3.05) is 5.73 Å². The molecule has 100 valence electrons. The minimum atomic E-state index is -0.759. The average Bonchev–Trinajstić information content (AvgIpc) is 2.41. The number of hydrogen-bond donors (Lipinski definition) is 1.